The largest absolute Gasteiger partial charge is 0.508 e. The fourth-order valence-electron chi connectivity index (χ4n) is 1.57. The number of benzene rings is 1. The highest BCUT2D eigenvalue weighted by molar-refractivity contribution is 7.54. The van der Waals surface area contributed by atoms with Gasteiger partial charge in [-0.1, -0.05) is 19.1 Å². The third kappa shape index (κ3) is 3.37. The first-order valence-corrected chi connectivity index (χ1v) is 6.61. The smallest absolute Gasteiger partial charge is 0.116 e. The SMILES string of the molecule is CCC(CCO)[PH](=O)c1cccc(O)c1. The zero-order valence-corrected chi connectivity index (χ0v) is 9.81. The van der Waals surface area contributed by atoms with Gasteiger partial charge in [0, 0.05) is 17.6 Å². The topological polar surface area (TPSA) is 57.5 Å². The Hall–Kier alpha value is -0.790. The summed E-state index contributed by atoms with van der Waals surface area (Å²) in [6.45, 7) is 2.03. The molecule has 0 aromatic heterocycles. The second kappa shape index (κ2) is 5.94. The van der Waals surface area contributed by atoms with Crippen LogP contribution in [0.1, 0.15) is 19.8 Å². The summed E-state index contributed by atoms with van der Waals surface area (Å²) in [6, 6.07) is 6.56. The Bertz CT molecular complexity index is 338. The molecule has 2 unspecified atom stereocenters. The predicted octanol–water partition coefficient (Wildman–Crippen LogP) is 1.74. The lowest BCUT2D eigenvalue weighted by molar-refractivity contribution is 0.285. The van der Waals surface area contributed by atoms with Gasteiger partial charge in [0.05, 0.1) is 0 Å². The summed E-state index contributed by atoms with van der Waals surface area (Å²) >= 11 is 0. The average Bonchev–Trinajstić information content (AvgIpc) is 2.25. The summed E-state index contributed by atoms with van der Waals surface area (Å²) < 4.78 is 12.1. The molecule has 84 valence electrons. The zero-order chi connectivity index (χ0) is 11.3. The zero-order valence-electron chi connectivity index (χ0n) is 8.81. The first kappa shape index (κ1) is 12.3. The Balaban J connectivity index is 2.82. The quantitative estimate of drug-likeness (QED) is 0.755. The van der Waals surface area contributed by atoms with Gasteiger partial charge < -0.3 is 14.8 Å². The molecule has 0 saturated carbocycles. The van der Waals surface area contributed by atoms with E-state index < -0.39 is 7.80 Å². The molecule has 0 aliphatic rings. The van der Waals surface area contributed by atoms with Gasteiger partial charge in [-0.2, -0.15) is 0 Å². The summed E-state index contributed by atoms with van der Waals surface area (Å²) in [4.78, 5) is 0. The second-order valence-electron chi connectivity index (χ2n) is 3.53. The van der Waals surface area contributed by atoms with Crippen LogP contribution >= 0.6 is 7.80 Å². The minimum absolute atomic E-state index is 0.0294. The maximum Gasteiger partial charge on any atom is 0.116 e. The molecule has 0 bridgehead atoms. The molecular formula is C11H17O3P. The highest BCUT2D eigenvalue weighted by Crippen LogP contribution is 2.32. The van der Waals surface area contributed by atoms with Gasteiger partial charge in [0.1, 0.15) is 13.6 Å². The molecule has 0 radical (unpaired) electrons. The molecule has 1 aromatic rings. The van der Waals surface area contributed by atoms with Crippen molar-refractivity contribution in [3.63, 3.8) is 0 Å². The van der Waals surface area contributed by atoms with E-state index in [4.69, 9.17) is 5.11 Å². The van der Waals surface area contributed by atoms with Crippen molar-refractivity contribution in [1.29, 1.82) is 0 Å². The number of phenols is 1. The van der Waals surface area contributed by atoms with Crippen LogP contribution in [0.2, 0.25) is 0 Å². The van der Waals surface area contributed by atoms with Gasteiger partial charge in [-0.3, -0.25) is 0 Å². The Morgan fingerprint density at radius 3 is 2.73 bits per heavy atom. The van der Waals surface area contributed by atoms with Gasteiger partial charge >= 0.3 is 0 Å². The third-order valence-corrected chi connectivity index (χ3v) is 4.79. The molecule has 0 heterocycles. The van der Waals surface area contributed by atoms with Gasteiger partial charge in [-0.05, 0) is 25.0 Å². The van der Waals surface area contributed by atoms with Crippen molar-refractivity contribution < 1.29 is 14.8 Å². The number of phenolic OH excluding ortho intramolecular Hbond substituents is 1. The molecule has 3 nitrogen and oxygen atoms in total. The molecule has 1 rings (SSSR count). The van der Waals surface area contributed by atoms with E-state index in [1.807, 2.05) is 6.92 Å². The number of hydrogen-bond acceptors (Lipinski definition) is 3. The van der Waals surface area contributed by atoms with Crippen molar-refractivity contribution in [1.82, 2.24) is 0 Å². The first-order valence-electron chi connectivity index (χ1n) is 5.13. The monoisotopic (exact) mass is 228 g/mol. The van der Waals surface area contributed by atoms with Crippen molar-refractivity contribution >= 4 is 13.1 Å². The highest BCUT2D eigenvalue weighted by atomic mass is 31.1. The van der Waals surface area contributed by atoms with E-state index in [0.29, 0.717) is 11.7 Å². The molecule has 15 heavy (non-hydrogen) atoms. The van der Waals surface area contributed by atoms with Crippen LogP contribution in [0.5, 0.6) is 5.75 Å². The minimum atomic E-state index is -1.91. The number of aromatic hydroxyl groups is 1. The number of aliphatic hydroxyl groups excluding tert-OH is 1. The van der Waals surface area contributed by atoms with Crippen LogP contribution in [0.3, 0.4) is 0 Å². The molecule has 2 atom stereocenters. The molecule has 0 saturated heterocycles. The van der Waals surface area contributed by atoms with E-state index in [9.17, 15) is 9.67 Å². The van der Waals surface area contributed by atoms with E-state index in [1.165, 1.54) is 0 Å². The molecule has 0 fully saturated rings. The lowest BCUT2D eigenvalue weighted by Crippen LogP contribution is -2.10. The van der Waals surface area contributed by atoms with Crippen molar-refractivity contribution in [2.45, 2.75) is 25.4 Å². The number of rotatable bonds is 5. The van der Waals surface area contributed by atoms with Crippen LogP contribution in [0.15, 0.2) is 24.3 Å². The van der Waals surface area contributed by atoms with Crippen LogP contribution in [-0.2, 0) is 4.57 Å². The molecule has 0 amide bonds. The second-order valence-corrected chi connectivity index (χ2v) is 5.65. The van der Waals surface area contributed by atoms with E-state index in [0.717, 1.165) is 6.42 Å². The molecule has 0 aliphatic heterocycles. The Morgan fingerprint density at radius 1 is 1.47 bits per heavy atom. The molecule has 2 N–H and O–H groups in total. The van der Waals surface area contributed by atoms with Crippen LogP contribution < -0.4 is 5.30 Å². The van der Waals surface area contributed by atoms with E-state index >= 15 is 0 Å². The average molecular weight is 228 g/mol. The Labute approximate surface area is 90.5 Å². The summed E-state index contributed by atoms with van der Waals surface area (Å²) in [6.07, 6.45) is 1.35. The maximum atomic E-state index is 12.1. The van der Waals surface area contributed by atoms with E-state index in [2.05, 4.69) is 0 Å². The van der Waals surface area contributed by atoms with Crippen molar-refractivity contribution in [3.8, 4) is 5.75 Å². The normalized spacial score (nSPS) is 14.8. The molecule has 0 aliphatic carbocycles. The number of hydrogen-bond donors (Lipinski definition) is 2. The summed E-state index contributed by atoms with van der Waals surface area (Å²) in [5.74, 6) is 0.143. The van der Waals surface area contributed by atoms with Crippen LogP contribution in [0, 0.1) is 0 Å². The van der Waals surface area contributed by atoms with Crippen LogP contribution in [-0.4, -0.2) is 22.5 Å². The van der Waals surface area contributed by atoms with Crippen LogP contribution in [0.25, 0.3) is 0 Å². The predicted molar refractivity (Wildman–Crippen MR) is 62.5 cm³/mol. The highest BCUT2D eigenvalue weighted by Gasteiger charge is 2.15. The van der Waals surface area contributed by atoms with Crippen LogP contribution in [0.4, 0.5) is 0 Å². The minimum Gasteiger partial charge on any atom is -0.508 e. The first-order chi connectivity index (χ1) is 7.19. The summed E-state index contributed by atoms with van der Waals surface area (Å²) in [5, 5.41) is 18.8. The standard InChI is InChI=1S/C11H17O3P/c1-2-10(6-7-12)15(14)11-5-3-4-9(13)8-11/h3-5,8,10,12-13,15H,2,6-7H2,1H3. The van der Waals surface area contributed by atoms with Crippen molar-refractivity contribution in [3.05, 3.63) is 24.3 Å². The number of aliphatic hydroxyl groups is 1. The van der Waals surface area contributed by atoms with E-state index in [1.54, 1.807) is 24.3 Å². The van der Waals surface area contributed by atoms with Crippen molar-refractivity contribution in [2.75, 3.05) is 6.61 Å². The summed E-state index contributed by atoms with van der Waals surface area (Å²) in [5.41, 5.74) is 0.0294. The molecule has 4 heteroatoms. The fraction of sp³-hybridized carbons (Fsp3) is 0.455. The Morgan fingerprint density at radius 2 is 2.20 bits per heavy atom. The third-order valence-electron chi connectivity index (χ3n) is 2.47. The maximum absolute atomic E-state index is 12.1. The van der Waals surface area contributed by atoms with Gasteiger partial charge in [-0.15, -0.1) is 0 Å². The van der Waals surface area contributed by atoms with Gasteiger partial charge in [0.15, 0.2) is 0 Å². The van der Waals surface area contributed by atoms with E-state index in [-0.39, 0.29) is 18.0 Å². The lowest BCUT2D eigenvalue weighted by Gasteiger charge is -2.13. The molecule has 1 aromatic carbocycles. The van der Waals surface area contributed by atoms with Gasteiger partial charge in [0.25, 0.3) is 0 Å². The Kier molecular flexibility index (Phi) is 4.86. The summed E-state index contributed by atoms with van der Waals surface area (Å²) in [7, 11) is -1.91. The van der Waals surface area contributed by atoms with Crippen molar-refractivity contribution in [2.24, 2.45) is 0 Å². The lowest BCUT2D eigenvalue weighted by atomic mass is 10.2. The van der Waals surface area contributed by atoms with Gasteiger partial charge in [-0.25, -0.2) is 0 Å². The molecule has 0 spiro atoms. The fourth-order valence-corrected chi connectivity index (χ4v) is 3.36. The molecular weight excluding hydrogens is 211 g/mol. The van der Waals surface area contributed by atoms with Gasteiger partial charge in [0.2, 0.25) is 0 Å².